The van der Waals surface area contributed by atoms with E-state index in [-0.39, 0.29) is 23.3 Å². The summed E-state index contributed by atoms with van der Waals surface area (Å²) in [6, 6.07) is 12.0. The van der Waals surface area contributed by atoms with Crippen molar-refractivity contribution in [3.8, 4) is 11.5 Å². The van der Waals surface area contributed by atoms with Crippen LogP contribution in [0.3, 0.4) is 0 Å². The summed E-state index contributed by atoms with van der Waals surface area (Å²) in [7, 11) is 2.53. The molecule has 0 aromatic heterocycles. The van der Waals surface area contributed by atoms with Crippen molar-refractivity contribution in [3.05, 3.63) is 53.6 Å². The van der Waals surface area contributed by atoms with Crippen LogP contribution in [0.2, 0.25) is 0 Å². The maximum Gasteiger partial charge on any atom is 0.242 e. The first-order chi connectivity index (χ1) is 13.7. The molecule has 0 saturated heterocycles. The topological polar surface area (TPSA) is 84.9 Å². The van der Waals surface area contributed by atoms with Crippen molar-refractivity contribution in [3.63, 3.8) is 0 Å². The summed E-state index contributed by atoms with van der Waals surface area (Å²) in [4.78, 5) is 12.6. The molecule has 0 spiro atoms. The van der Waals surface area contributed by atoms with E-state index in [0.717, 1.165) is 15.6 Å². The maximum atomic E-state index is 12.4. The van der Waals surface area contributed by atoms with Gasteiger partial charge in [0.15, 0.2) is 0 Å². The zero-order valence-electron chi connectivity index (χ0n) is 17.4. The Morgan fingerprint density at radius 2 is 1.72 bits per heavy atom. The standard InChI is InChI=1S/C21H28N2O5S/c1-15(16-6-9-18(27-4)10-7-16)22-21(24)13-8-17-14-19(11-12-20(17)28-5)29(25,26)23(2)3/h6-7,9-12,14-15H,8,13H2,1-5H3,(H,22,24). The molecule has 1 N–H and O–H groups in total. The van der Waals surface area contributed by atoms with Gasteiger partial charge < -0.3 is 14.8 Å². The van der Waals surface area contributed by atoms with Gasteiger partial charge in [0.05, 0.1) is 25.2 Å². The molecule has 8 heteroatoms. The maximum absolute atomic E-state index is 12.4. The fourth-order valence-corrected chi connectivity index (χ4v) is 3.81. The van der Waals surface area contributed by atoms with Crippen molar-refractivity contribution in [2.24, 2.45) is 0 Å². The highest BCUT2D eigenvalue weighted by Gasteiger charge is 2.19. The predicted octanol–water partition coefficient (Wildman–Crippen LogP) is 2.76. The van der Waals surface area contributed by atoms with E-state index in [1.54, 1.807) is 19.2 Å². The van der Waals surface area contributed by atoms with Gasteiger partial charge in [0.2, 0.25) is 15.9 Å². The summed E-state index contributed by atoms with van der Waals surface area (Å²) in [6.45, 7) is 1.91. The summed E-state index contributed by atoms with van der Waals surface area (Å²) < 4.78 is 36.4. The minimum Gasteiger partial charge on any atom is -0.497 e. The van der Waals surface area contributed by atoms with Crippen LogP contribution in [-0.2, 0) is 21.2 Å². The molecule has 1 atom stereocenters. The number of ether oxygens (including phenoxy) is 2. The Kier molecular flexibility index (Phi) is 7.64. The van der Waals surface area contributed by atoms with Gasteiger partial charge in [-0.05, 0) is 54.8 Å². The van der Waals surface area contributed by atoms with Gasteiger partial charge in [-0.15, -0.1) is 0 Å². The SMILES string of the molecule is COc1ccc(C(C)NC(=O)CCc2cc(S(=O)(=O)N(C)C)ccc2OC)cc1. The van der Waals surface area contributed by atoms with E-state index < -0.39 is 10.0 Å². The molecule has 2 aromatic rings. The summed E-state index contributed by atoms with van der Waals surface area (Å²) in [6.07, 6.45) is 0.573. The molecule has 29 heavy (non-hydrogen) atoms. The first-order valence-corrected chi connectivity index (χ1v) is 10.7. The number of nitrogens with zero attached hydrogens (tertiary/aromatic N) is 1. The Bertz CT molecular complexity index is 940. The van der Waals surface area contributed by atoms with Crippen molar-refractivity contribution in [2.45, 2.75) is 30.7 Å². The molecule has 0 aliphatic rings. The van der Waals surface area contributed by atoms with Crippen LogP contribution < -0.4 is 14.8 Å². The molecule has 7 nitrogen and oxygen atoms in total. The van der Waals surface area contributed by atoms with E-state index in [2.05, 4.69) is 5.32 Å². The third kappa shape index (κ3) is 5.71. The first-order valence-electron chi connectivity index (χ1n) is 9.21. The minimum atomic E-state index is -3.56. The average Bonchev–Trinajstić information content (AvgIpc) is 2.71. The quantitative estimate of drug-likeness (QED) is 0.674. The van der Waals surface area contributed by atoms with E-state index in [1.807, 2.05) is 31.2 Å². The largest absolute Gasteiger partial charge is 0.497 e. The highest BCUT2D eigenvalue weighted by Crippen LogP contribution is 2.25. The Hall–Kier alpha value is -2.58. The summed E-state index contributed by atoms with van der Waals surface area (Å²) in [5.74, 6) is 1.18. The summed E-state index contributed by atoms with van der Waals surface area (Å²) >= 11 is 0. The van der Waals surface area contributed by atoms with E-state index in [0.29, 0.717) is 17.7 Å². The normalized spacial score (nSPS) is 12.5. The van der Waals surface area contributed by atoms with Gasteiger partial charge in [0.1, 0.15) is 11.5 Å². The van der Waals surface area contributed by atoms with E-state index >= 15 is 0 Å². The van der Waals surface area contributed by atoms with Crippen molar-refractivity contribution >= 4 is 15.9 Å². The Balaban J connectivity index is 2.06. The number of rotatable bonds is 9. The molecule has 0 heterocycles. The number of benzene rings is 2. The molecule has 0 radical (unpaired) electrons. The number of amides is 1. The molecule has 0 bridgehead atoms. The highest BCUT2D eigenvalue weighted by molar-refractivity contribution is 7.89. The Labute approximate surface area is 172 Å². The molecular weight excluding hydrogens is 392 g/mol. The first kappa shape index (κ1) is 22.7. The van der Waals surface area contributed by atoms with Crippen LogP contribution in [0.15, 0.2) is 47.4 Å². The number of hydrogen-bond donors (Lipinski definition) is 1. The summed E-state index contributed by atoms with van der Waals surface area (Å²) in [5.41, 5.74) is 1.64. The van der Waals surface area contributed by atoms with Crippen LogP contribution in [-0.4, -0.2) is 46.9 Å². The second kappa shape index (κ2) is 9.76. The monoisotopic (exact) mass is 420 g/mol. The smallest absolute Gasteiger partial charge is 0.242 e. The molecule has 158 valence electrons. The van der Waals surface area contributed by atoms with E-state index in [4.69, 9.17) is 9.47 Å². The number of nitrogens with one attached hydrogen (secondary N) is 1. The van der Waals surface area contributed by atoms with Crippen LogP contribution in [0, 0.1) is 0 Å². The lowest BCUT2D eigenvalue weighted by Gasteiger charge is -2.16. The number of carbonyl (C=O) groups excluding carboxylic acids is 1. The lowest BCUT2D eigenvalue weighted by Crippen LogP contribution is -2.27. The molecule has 1 unspecified atom stereocenters. The zero-order chi connectivity index (χ0) is 21.6. The molecular formula is C21H28N2O5S. The van der Waals surface area contributed by atoms with E-state index in [9.17, 15) is 13.2 Å². The van der Waals surface area contributed by atoms with Crippen LogP contribution in [0.1, 0.15) is 30.5 Å². The molecule has 0 fully saturated rings. The summed E-state index contributed by atoms with van der Waals surface area (Å²) in [5, 5.41) is 2.96. The van der Waals surface area contributed by atoms with Crippen LogP contribution in [0.5, 0.6) is 11.5 Å². The fourth-order valence-electron chi connectivity index (χ4n) is 2.86. The highest BCUT2D eigenvalue weighted by atomic mass is 32.2. The van der Waals surface area contributed by atoms with Gasteiger partial charge in [0, 0.05) is 20.5 Å². The lowest BCUT2D eigenvalue weighted by molar-refractivity contribution is -0.121. The van der Waals surface area contributed by atoms with Gasteiger partial charge in [-0.2, -0.15) is 0 Å². The fraction of sp³-hybridized carbons (Fsp3) is 0.381. The minimum absolute atomic E-state index is 0.128. The van der Waals surface area contributed by atoms with E-state index in [1.165, 1.54) is 27.3 Å². The number of methoxy groups -OCH3 is 2. The molecule has 2 rings (SSSR count). The third-order valence-electron chi connectivity index (χ3n) is 4.65. The molecule has 1 amide bonds. The van der Waals surface area contributed by atoms with Gasteiger partial charge in [-0.1, -0.05) is 12.1 Å². The van der Waals surface area contributed by atoms with Crippen molar-refractivity contribution in [1.29, 1.82) is 0 Å². The zero-order valence-corrected chi connectivity index (χ0v) is 18.2. The predicted molar refractivity (Wildman–Crippen MR) is 112 cm³/mol. The number of hydrogen-bond acceptors (Lipinski definition) is 5. The Morgan fingerprint density at radius 3 is 2.28 bits per heavy atom. The van der Waals surface area contributed by atoms with Crippen molar-refractivity contribution < 1.29 is 22.7 Å². The Morgan fingerprint density at radius 1 is 1.07 bits per heavy atom. The van der Waals surface area contributed by atoms with Crippen molar-refractivity contribution in [2.75, 3.05) is 28.3 Å². The third-order valence-corrected chi connectivity index (χ3v) is 6.46. The van der Waals surface area contributed by atoms with Crippen LogP contribution in [0.25, 0.3) is 0 Å². The second-order valence-electron chi connectivity index (χ2n) is 6.82. The van der Waals surface area contributed by atoms with Gasteiger partial charge in [-0.3, -0.25) is 4.79 Å². The molecule has 2 aromatic carbocycles. The van der Waals surface area contributed by atoms with Crippen LogP contribution >= 0.6 is 0 Å². The molecule has 0 saturated carbocycles. The molecule has 0 aliphatic carbocycles. The van der Waals surface area contributed by atoms with Gasteiger partial charge in [0.25, 0.3) is 0 Å². The second-order valence-corrected chi connectivity index (χ2v) is 8.98. The number of carbonyl (C=O) groups is 1. The lowest BCUT2D eigenvalue weighted by atomic mass is 10.1. The van der Waals surface area contributed by atoms with Crippen LogP contribution in [0.4, 0.5) is 0 Å². The van der Waals surface area contributed by atoms with Gasteiger partial charge in [-0.25, -0.2) is 12.7 Å². The number of aryl methyl sites for hydroxylation is 1. The average molecular weight is 421 g/mol. The van der Waals surface area contributed by atoms with Crippen molar-refractivity contribution in [1.82, 2.24) is 9.62 Å². The molecule has 0 aliphatic heterocycles. The van der Waals surface area contributed by atoms with Gasteiger partial charge >= 0.3 is 0 Å². The number of sulfonamides is 1.